The minimum Gasteiger partial charge on any atom is -0.497 e. The Kier molecular flexibility index (Phi) is 10.5. The van der Waals surface area contributed by atoms with Crippen LogP contribution in [0.2, 0.25) is 5.02 Å². The summed E-state index contributed by atoms with van der Waals surface area (Å²) in [7, 11) is 1.62. The first-order chi connectivity index (χ1) is 17.6. The molecule has 7 heteroatoms. The van der Waals surface area contributed by atoms with E-state index in [1.807, 2.05) is 99.6 Å². The van der Waals surface area contributed by atoms with Crippen molar-refractivity contribution in [3.63, 3.8) is 0 Å². The molecule has 5 nitrogen and oxygen atoms in total. The number of hydrogen-bond acceptors (Lipinski definition) is 4. The molecule has 0 fully saturated rings. The minimum atomic E-state index is -0.666. The quantitative estimate of drug-likeness (QED) is 0.287. The summed E-state index contributed by atoms with van der Waals surface area (Å²) in [5, 5.41) is 3.77. The summed E-state index contributed by atoms with van der Waals surface area (Å²) < 4.78 is 5.39. The molecule has 37 heavy (non-hydrogen) atoms. The van der Waals surface area contributed by atoms with Crippen LogP contribution in [-0.2, 0) is 22.6 Å². The molecule has 0 aliphatic carbocycles. The van der Waals surface area contributed by atoms with E-state index in [1.165, 1.54) is 0 Å². The van der Waals surface area contributed by atoms with E-state index < -0.39 is 11.6 Å². The highest BCUT2D eigenvalue weighted by atomic mass is 35.5. The van der Waals surface area contributed by atoms with Crippen LogP contribution in [0.4, 0.5) is 0 Å². The SMILES string of the molecule is COc1cccc(CN(C(=O)CCSc2ccc(Cl)cc2)[C@@H](Cc2ccccc2)C(=O)NC(C)(C)C)c1. The number of ether oxygens (including phenoxy) is 1. The van der Waals surface area contributed by atoms with Gasteiger partial charge in [0.1, 0.15) is 11.8 Å². The number of halogens is 1. The number of nitrogens with zero attached hydrogens (tertiary/aromatic N) is 1. The predicted octanol–water partition coefficient (Wildman–Crippen LogP) is 6.39. The van der Waals surface area contributed by atoms with Crippen molar-refractivity contribution in [1.82, 2.24) is 10.2 Å². The fourth-order valence-electron chi connectivity index (χ4n) is 3.91. The van der Waals surface area contributed by atoms with E-state index in [2.05, 4.69) is 5.32 Å². The molecule has 0 saturated heterocycles. The largest absolute Gasteiger partial charge is 0.497 e. The van der Waals surface area contributed by atoms with Crippen molar-refractivity contribution < 1.29 is 14.3 Å². The first-order valence-corrected chi connectivity index (χ1v) is 13.7. The summed E-state index contributed by atoms with van der Waals surface area (Å²) in [6.45, 7) is 6.14. The molecule has 0 radical (unpaired) electrons. The van der Waals surface area contributed by atoms with Crippen LogP contribution in [0.1, 0.15) is 38.3 Å². The summed E-state index contributed by atoms with van der Waals surface area (Å²) >= 11 is 7.59. The van der Waals surface area contributed by atoms with E-state index in [0.29, 0.717) is 35.9 Å². The van der Waals surface area contributed by atoms with E-state index in [0.717, 1.165) is 16.0 Å². The maximum Gasteiger partial charge on any atom is 0.243 e. The fourth-order valence-corrected chi connectivity index (χ4v) is 4.87. The van der Waals surface area contributed by atoms with Gasteiger partial charge in [0.05, 0.1) is 7.11 Å². The van der Waals surface area contributed by atoms with Crippen LogP contribution in [0, 0.1) is 0 Å². The zero-order valence-electron chi connectivity index (χ0n) is 21.9. The average molecular weight is 539 g/mol. The van der Waals surface area contributed by atoms with Crippen molar-refractivity contribution >= 4 is 35.2 Å². The molecule has 1 N–H and O–H groups in total. The van der Waals surface area contributed by atoms with Gasteiger partial charge in [0.2, 0.25) is 11.8 Å². The van der Waals surface area contributed by atoms with Crippen LogP contribution in [-0.4, -0.2) is 41.2 Å². The van der Waals surface area contributed by atoms with Crippen LogP contribution in [0.5, 0.6) is 5.75 Å². The molecule has 0 spiro atoms. The highest BCUT2D eigenvalue weighted by Gasteiger charge is 2.32. The number of rotatable bonds is 11. The van der Waals surface area contributed by atoms with Gasteiger partial charge in [-0.1, -0.05) is 54.1 Å². The van der Waals surface area contributed by atoms with E-state index >= 15 is 0 Å². The number of carbonyl (C=O) groups is 2. The van der Waals surface area contributed by atoms with Gasteiger partial charge in [-0.05, 0) is 68.3 Å². The Balaban J connectivity index is 1.88. The van der Waals surface area contributed by atoms with Crippen molar-refractivity contribution in [3.05, 3.63) is 95.0 Å². The van der Waals surface area contributed by atoms with Crippen LogP contribution in [0.3, 0.4) is 0 Å². The second kappa shape index (κ2) is 13.5. The number of nitrogens with one attached hydrogen (secondary N) is 1. The molecule has 196 valence electrons. The lowest BCUT2D eigenvalue weighted by Crippen LogP contribution is -2.54. The van der Waals surface area contributed by atoms with Gasteiger partial charge < -0.3 is 15.0 Å². The molecular formula is C30H35ClN2O3S. The Bertz CT molecular complexity index is 1160. The van der Waals surface area contributed by atoms with E-state index in [4.69, 9.17) is 16.3 Å². The number of carbonyl (C=O) groups excluding carboxylic acids is 2. The summed E-state index contributed by atoms with van der Waals surface area (Å²) in [4.78, 5) is 30.1. The maximum absolute atomic E-state index is 13.7. The Hall–Kier alpha value is -2.96. The van der Waals surface area contributed by atoms with Gasteiger partial charge in [0, 0.05) is 40.6 Å². The van der Waals surface area contributed by atoms with Crippen LogP contribution >= 0.6 is 23.4 Å². The molecule has 0 aliphatic rings. The number of thioether (sulfide) groups is 1. The Morgan fingerprint density at radius 1 is 0.973 bits per heavy atom. The highest BCUT2D eigenvalue weighted by molar-refractivity contribution is 7.99. The number of benzene rings is 3. The van der Waals surface area contributed by atoms with Crippen molar-refractivity contribution in [2.75, 3.05) is 12.9 Å². The van der Waals surface area contributed by atoms with Gasteiger partial charge in [-0.3, -0.25) is 9.59 Å². The number of hydrogen-bond donors (Lipinski definition) is 1. The molecule has 0 unspecified atom stereocenters. The van der Waals surface area contributed by atoms with Crippen LogP contribution in [0.15, 0.2) is 83.8 Å². The van der Waals surface area contributed by atoms with Crippen molar-refractivity contribution in [1.29, 1.82) is 0 Å². The Morgan fingerprint density at radius 2 is 1.65 bits per heavy atom. The molecule has 3 aromatic carbocycles. The molecule has 3 aromatic rings. The molecule has 0 bridgehead atoms. The lowest BCUT2D eigenvalue weighted by atomic mass is 10.0. The average Bonchev–Trinajstić information content (AvgIpc) is 2.87. The third kappa shape index (κ3) is 9.45. The third-order valence-corrected chi connectivity index (χ3v) is 6.92. The maximum atomic E-state index is 13.7. The van der Waals surface area contributed by atoms with Crippen molar-refractivity contribution in [3.8, 4) is 5.75 Å². The Morgan fingerprint density at radius 3 is 2.30 bits per heavy atom. The number of amides is 2. The van der Waals surface area contributed by atoms with Gasteiger partial charge in [0.25, 0.3) is 0 Å². The normalized spacial score (nSPS) is 12.0. The van der Waals surface area contributed by atoms with Crippen LogP contribution in [0.25, 0.3) is 0 Å². The Labute approximate surface area is 229 Å². The first kappa shape index (κ1) is 28.6. The van der Waals surface area contributed by atoms with E-state index in [-0.39, 0.29) is 11.8 Å². The van der Waals surface area contributed by atoms with Gasteiger partial charge in [-0.15, -0.1) is 11.8 Å². The summed E-state index contributed by atoms with van der Waals surface area (Å²) in [6.07, 6.45) is 0.716. The van der Waals surface area contributed by atoms with E-state index in [1.54, 1.807) is 23.8 Å². The second-order valence-corrected chi connectivity index (χ2v) is 11.5. The molecule has 0 heterocycles. The second-order valence-electron chi connectivity index (χ2n) is 9.87. The molecule has 1 atom stereocenters. The minimum absolute atomic E-state index is 0.0747. The van der Waals surface area contributed by atoms with Gasteiger partial charge in [-0.2, -0.15) is 0 Å². The lowest BCUT2D eigenvalue weighted by molar-refractivity contribution is -0.141. The third-order valence-electron chi connectivity index (χ3n) is 5.65. The highest BCUT2D eigenvalue weighted by Crippen LogP contribution is 2.23. The zero-order valence-corrected chi connectivity index (χ0v) is 23.4. The van der Waals surface area contributed by atoms with Crippen molar-refractivity contribution in [2.24, 2.45) is 0 Å². The monoisotopic (exact) mass is 538 g/mol. The molecule has 3 rings (SSSR count). The van der Waals surface area contributed by atoms with Crippen molar-refractivity contribution in [2.45, 2.75) is 56.6 Å². The topological polar surface area (TPSA) is 58.6 Å². The molecule has 0 saturated carbocycles. The van der Waals surface area contributed by atoms with E-state index in [9.17, 15) is 9.59 Å². The lowest BCUT2D eigenvalue weighted by Gasteiger charge is -2.34. The van der Waals surface area contributed by atoms with Gasteiger partial charge in [0.15, 0.2) is 0 Å². The predicted molar refractivity (Wildman–Crippen MR) is 152 cm³/mol. The zero-order chi connectivity index (χ0) is 26.8. The van der Waals surface area contributed by atoms with Crippen LogP contribution < -0.4 is 10.1 Å². The van der Waals surface area contributed by atoms with Gasteiger partial charge >= 0.3 is 0 Å². The van der Waals surface area contributed by atoms with Gasteiger partial charge in [-0.25, -0.2) is 0 Å². The summed E-state index contributed by atoms with van der Waals surface area (Å²) in [5.74, 6) is 1.06. The number of methoxy groups -OCH3 is 1. The fraction of sp³-hybridized carbons (Fsp3) is 0.333. The molecule has 0 aromatic heterocycles. The molecule has 2 amide bonds. The smallest absolute Gasteiger partial charge is 0.243 e. The summed E-state index contributed by atoms with van der Waals surface area (Å²) in [6, 6.07) is 24.3. The summed E-state index contributed by atoms with van der Waals surface area (Å²) in [5.41, 5.74) is 1.47. The first-order valence-electron chi connectivity index (χ1n) is 12.3. The molecule has 0 aliphatic heterocycles. The molecular weight excluding hydrogens is 504 g/mol. The standard InChI is InChI=1S/C30H35ClN2O3S/c1-30(2,3)32-29(35)27(20-22-9-6-5-7-10-22)33(21-23-11-8-12-25(19-23)36-4)28(34)17-18-37-26-15-13-24(31)14-16-26/h5-16,19,27H,17-18,20-21H2,1-4H3,(H,32,35)/t27-/m0/s1.